The molecule has 8 nitrogen and oxygen atoms in total. The lowest BCUT2D eigenvalue weighted by Gasteiger charge is -2.04. The van der Waals surface area contributed by atoms with Crippen molar-refractivity contribution in [1.82, 2.24) is 4.73 Å². The number of rotatable bonds is 1. The molecule has 4 N–H and O–H groups in total. The van der Waals surface area contributed by atoms with E-state index >= 15 is 0 Å². The van der Waals surface area contributed by atoms with Gasteiger partial charge in [-0.1, -0.05) is 12.1 Å². The van der Waals surface area contributed by atoms with Crippen LogP contribution in [-0.4, -0.2) is 28.2 Å². The van der Waals surface area contributed by atoms with Crippen LogP contribution in [0.4, 0.5) is 0 Å². The Kier molecular flexibility index (Phi) is 4.82. The van der Waals surface area contributed by atoms with Crippen LogP contribution in [0.5, 0.6) is 0 Å². The fraction of sp³-hybridized carbons (Fsp3) is 0.182. The number of hydrogen-bond donors (Lipinski definition) is 3. The second-order valence-electron chi connectivity index (χ2n) is 3.37. The van der Waals surface area contributed by atoms with Gasteiger partial charge in [0.15, 0.2) is 11.6 Å². The Balaban J connectivity index is 0.000000399. The highest BCUT2D eigenvalue weighted by molar-refractivity contribution is 5.71. The van der Waals surface area contributed by atoms with Crippen molar-refractivity contribution in [2.24, 2.45) is 5.73 Å². The van der Waals surface area contributed by atoms with Crippen LogP contribution in [0, 0.1) is 16.5 Å². The van der Waals surface area contributed by atoms with E-state index in [0.717, 1.165) is 0 Å². The molecule has 0 bridgehead atoms. The third-order valence-corrected chi connectivity index (χ3v) is 2.16. The van der Waals surface area contributed by atoms with Gasteiger partial charge in [0.2, 0.25) is 5.52 Å². The van der Waals surface area contributed by atoms with E-state index in [0.29, 0.717) is 11.3 Å². The van der Waals surface area contributed by atoms with Gasteiger partial charge >= 0.3 is 11.3 Å². The van der Waals surface area contributed by atoms with Crippen LogP contribution in [0.3, 0.4) is 0 Å². The van der Waals surface area contributed by atoms with Crippen molar-refractivity contribution in [3.05, 3.63) is 45.5 Å². The average Bonchev–Trinajstić information content (AvgIpc) is 2.46. The maximum absolute atomic E-state index is 11.5. The Hall–Kier alpha value is -2.63. The first-order chi connectivity index (χ1) is 9.08. The van der Waals surface area contributed by atoms with E-state index in [9.17, 15) is 15.2 Å². The van der Waals surface area contributed by atoms with E-state index in [1.54, 1.807) is 12.1 Å². The molecule has 0 aliphatic rings. The lowest BCUT2D eigenvalue weighted by molar-refractivity contribution is -0.581. The van der Waals surface area contributed by atoms with Crippen molar-refractivity contribution in [3.63, 3.8) is 0 Å². The second-order valence-corrected chi connectivity index (χ2v) is 3.37. The summed E-state index contributed by atoms with van der Waals surface area (Å²) in [5.41, 5.74) is 3.23. The Labute approximate surface area is 107 Å². The minimum Gasteiger partial charge on any atom is -0.617 e. The standard InChI is InChI=1S/C9H5N3O3.C2H7NO/c10-5-8-9(13)12(15)7-4-2-1-3-6(7)11(8)14;3-1-2-4/h1-4,15H;4H,1-3H2. The SMILES string of the molecule is N#Cc1c(=O)n(O)c2ccccc2[n+]1[O-].NCCO. The van der Waals surface area contributed by atoms with Gasteiger partial charge in [-0.05, 0) is 6.07 Å². The third kappa shape index (κ3) is 2.79. The molecule has 0 radical (unpaired) electrons. The van der Waals surface area contributed by atoms with Gasteiger partial charge in [-0.15, -0.1) is 9.46 Å². The first kappa shape index (κ1) is 14.4. The zero-order valence-corrected chi connectivity index (χ0v) is 9.85. The lowest BCUT2D eigenvalue weighted by atomic mass is 10.3. The molecule has 19 heavy (non-hydrogen) atoms. The number of aliphatic hydroxyl groups is 1. The number of hydrogen-bond acceptors (Lipinski definition) is 6. The van der Waals surface area contributed by atoms with Crippen LogP contribution < -0.4 is 16.0 Å². The maximum Gasteiger partial charge on any atom is 0.368 e. The van der Waals surface area contributed by atoms with E-state index in [1.165, 1.54) is 18.2 Å². The molecule has 0 fully saturated rings. The quantitative estimate of drug-likeness (QED) is 0.331. The summed E-state index contributed by atoms with van der Waals surface area (Å²) in [5, 5.41) is 37.2. The van der Waals surface area contributed by atoms with Crippen molar-refractivity contribution in [2.45, 2.75) is 0 Å². The van der Waals surface area contributed by atoms with Gasteiger partial charge in [0.05, 0.1) is 6.61 Å². The summed E-state index contributed by atoms with van der Waals surface area (Å²) in [6.45, 7) is 0.472. The van der Waals surface area contributed by atoms with Gasteiger partial charge in [0, 0.05) is 12.6 Å². The number of para-hydroxylation sites is 2. The van der Waals surface area contributed by atoms with Gasteiger partial charge in [0.1, 0.15) is 0 Å². The summed E-state index contributed by atoms with van der Waals surface area (Å²) in [4.78, 5) is 11.3. The van der Waals surface area contributed by atoms with Gasteiger partial charge in [-0.25, -0.2) is 0 Å². The number of fused-ring (bicyclic) bond motifs is 1. The van der Waals surface area contributed by atoms with Gasteiger partial charge < -0.3 is 21.3 Å². The number of nitriles is 1. The summed E-state index contributed by atoms with van der Waals surface area (Å²) in [5.74, 6) is 0. The zero-order valence-electron chi connectivity index (χ0n) is 9.85. The Morgan fingerprint density at radius 2 is 2.05 bits per heavy atom. The molecule has 1 aromatic carbocycles. The Bertz CT molecular complexity index is 673. The molecule has 8 heteroatoms. The molecule has 1 heterocycles. The van der Waals surface area contributed by atoms with Crippen molar-refractivity contribution in [3.8, 4) is 6.07 Å². The van der Waals surface area contributed by atoms with Crippen LogP contribution in [0.25, 0.3) is 11.0 Å². The van der Waals surface area contributed by atoms with Crippen molar-refractivity contribution in [1.29, 1.82) is 5.26 Å². The number of nitrogens with zero attached hydrogens (tertiary/aromatic N) is 3. The molecule has 0 spiro atoms. The number of benzene rings is 1. The lowest BCUT2D eigenvalue weighted by Crippen LogP contribution is -2.41. The molecule has 0 unspecified atom stereocenters. The first-order valence-corrected chi connectivity index (χ1v) is 5.26. The van der Waals surface area contributed by atoms with Crippen molar-refractivity contribution >= 4 is 11.0 Å². The van der Waals surface area contributed by atoms with Gasteiger partial charge in [-0.3, -0.25) is 4.79 Å². The molecule has 1 aromatic heterocycles. The van der Waals surface area contributed by atoms with Gasteiger partial charge in [0.25, 0.3) is 0 Å². The smallest absolute Gasteiger partial charge is 0.368 e. The van der Waals surface area contributed by atoms with E-state index in [1.807, 2.05) is 0 Å². The molecule has 0 amide bonds. The van der Waals surface area contributed by atoms with Gasteiger partial charge in [-0.2, -0.15) is 5.26 Å². The molecule has 0 aliphatic heterocycles. The number of aromatic nitrogens is 2. The van der Waals surface area contributed by atoms with Crippen molar-refractivity contribution < 1.29 is 15.0 Å². The monoisotopic (exact) mass is 264 g/mol. The molecule has 0 aliphatic carbocycles. The van der Waals surface area contributed by atoms with E-state index in [4.69, 9.17) is 16.1 Å². The predicted octanol–water partition coefficient (Wildman–Crippen LogP) is -1.32. The predicted molar refractivity (Wildman–Crippen MR) is 65.2 cm³/mol. The first-order valence-electron chi connectivity index (χ1n) is 5.26. The second kappa shape index (κ2) is 6.34. The van der Waals surface area contributed by atoms with Crippen LogP contribution in [0.1, 0.15) is 5.69 Å². The largest absolute Gasteiger partial charge is 0.617 e. The Morgan fingerprint density at radius 3 is 2.58 bits per heavy atom. The highest BCUT2D eigenvalue weighted by Gasteiger charge is 2.19. The summed E-state index contributed by atoms with van der Waals surface area (Å²) in [6, 6.07) is 7.42. The van der Waals surface area contributed by atoms with Crippen LogP contribution in [0.2, 0.25) is 0 Å². The molecule has 2 aromatic rings. The van der Waals surface area contributed by atoms with Crippen LogP contribution >= 0.6 is 0 Å². The molecular formula is C11H12N4O4. The Morgan fingerprint density at radius 1 is 1.47 bits per heavy atom. The molecular weight excluding hydrogens is 252 g/mol. The topological polar surface area (TPSA) is 139 Å². The van der Waals surface area contributed by atoms with E-state index < -0.39 is 11.3 Å². The zero-order chi connectivity index (χ0) is 14.4. The minimum absolute atomic E-state index is 0.0659. The molecule has 0 atom stereocenters. The molecule has 100 valence electrons. The summed E-state index contributed by atoms with van der Waals surface area (Å²) < 4.78 is 0.507. The average molecular weight is 264 g/mol. The summed E-state index contributed by atoms with van der Waals surface area (Å²) in [6.07, 6.45) is 0. The normalized spacial score (nSPS) is 9.53. The highest BCUT2D eigenvalue weighted by Crippen LogP contribution is 2.05. The molecule has 0 saturated carbocycles. The minimum atomic E-state index is -1.02. The van der Waals surface area contributed by atoms with Crippen LogP contribution in [0.15, 0.2) is 29.1 Å². The molecule has 0 saturated heterocycles. The maximum atomic E-state index is 11.5. The highest BCUT2D eigenvalue weighted by atomic mass is 16.5. The summed E-state index contributed by atoms with van der Waals surface area (Å²) in [7, 11) is 0. The van der Waals surface area contributed by atoms with Crippen LogP contribution in [-0.2, 0) is 0 Å². The summed E-state index contributed by atoms with van der Waals surface area (Å²) >= 11 is 0. The van der Waals surface area contributed by atoms with E-state index in [2.05, 4.69) is 0 Å². The fourth-order valence-electron chi connectivity index (χ4n) is 1.33. The molecule has 2 rings (SSSR count). The number of aliphatic hydroxyl groups excluding tert-OH is 1. The van der Waals surface area contributed by atoms with E-state index in [-0.39, 0.29) is 22.4 Å². The van der Waals surface area contributed by atoms with Crippen molar-refractivity contribution in [2.75, 3.05) is 13.2 Å². The fourth-order valence-corrected chi connectivity index (χ4v) is 1.33. The number of nitrogens with two attached hydrogens (primary N) is 1. The third-order valence-electron chi connectivity index (χ3n) is 2.16.